The van der Waals surface area contributed by atoms with Crippen LogP contribution in [0, 0.1) is 13.8 Å². The van der Waals surface area contributed by atoms with Crippen LogP contribution in [0.1, 0.15) is 21.5 Å². The smallest absolute Gasteiger partial charge is 0.210 e. The summed E-state index contributed by atoms with van der Waals surface area (Å²) in [4.78, 5) is 12.2. The van der Waals surface area contributed by atoms with Gasteiger partial charge in [0.25, 0.3) is 0 Å². The molecule has 0 spiro atoms. The topological polar surface area (TPSA) is 54.9 Å². The molecule has 7 heteroatoms. The first kappa shape index (κ1) is 18.1. The fraction of sp³-hybridized carbons (Fsp3) is 0.167. The molecular formula is C18H16BrN3OS2. The Labute approximate surface area is 163 Å². The molecule has 128 valence electrons. The van der Waals surface area contributed by atoms with Gasteiger partial charge in [-0.2, -0.15) is 0 Å². The van der Waals surface area contributed by atoms with E-state index in [1.165, 1.54) is 34.2 Å². The lowest BCUT2D eigenvalue weighted by Crippen LogP contribution is -2.01. The average molecular weight is 434 g/mol. The van der Waals surface area contributed by atoms with Crippen LogP contribution >= 0.6 is 39.0 Å². The molecule has 0 atom stereocenters. The molecule has 0 radical (unpaired) electrons. The molecule has 0 aliphatic rings. The number of hydrogen-bond donors (Lipinski definition) is 1. The molecule has 0 fully saturated rings. The predicted octanol–water partition coefficient (Wildman–Crippen LogP) is 5.64. The highest BCUT2D eigenvalue weighted by Gasteiger charge is 2.11. The monoisotopic (exact) mass is 433 g/mol. The SMILES string of the molecule is Cc1ccc(Nc2nnc(SCC(=O)c3cccc(Br)c3)s2)cc1C. The Hall–Kier alpha value is -1.70. The molecule has 1 aromatic heterocycles. The van der Waals surface area contributed by atoms with Gasteiger partial charge in [0.2, 0.25) is 5.13 Å². The Morgan fingerprint density at radius 2 is 2.00 bits per heavy atom. The first-order valence-electron chi connectivity index (χ1n) is 7.60. The standard InChI is InChI=1S/C18H16BrN3OS2/c1-11-6-7-15(8-12(11)2)20-17-21-22-18(25-17)24-10-16(23)13-4-3-5-14(19)9-13/h3-9H,10H2,1-2H3,(H,20,21). The van der Waals surface area contributed by atoms with Gasteiger partial charge >= 0.3 is 0 Å². The summed E-state index contributed by atoms with van der Waals surface area (Å²) in [5.74, 6) is 0.416. The average Bonchev–Trinajstić information content (AvgIpc) is 3.03. The number of aromatic nitrogens is 2. The Kier molecular flexibility index (Phi) is 5.88. The van der Waals surface area contributed by atoms with E-state index >= 15 is 0 Å². The number of ketones is 1. The molecule has 4 nitrogen and oxygen atoms in total. The molecule has 0 amide bonds. The van der Waals surface area contributed by atoms with Gasteiger partial charge in [-0.1, -0.05) is 57.2 Å². The number of nitrogens with one attached hydrogen (secondary N) is 1. The van der Waals surface area contributed by atoms with Crippen molar-refractivity contribution in [3.8, 4) is 0 Å². The number of halogens is 1. The maximum absolute atomic E-state index is 12.2. The zero-order valence-electron chi connectivity index (χ0n) is 13.7. The van der Waals surface area contributed by atoms with Crippen molar-refractivity contribution in [2.45, 2.75) is 18.2 Å². The van der Waals surface area contributed by atoms with Crippen LogP contribution in [0.3, 0.4) is 0 Å². The fourth-order valence-corrected chi connectivity index (χ4v) is 4.20. The number of thioether (sulfide) groups is 1. The largest absolute Gasteiger partial charge is 0.330 e. The molecule has 0 saturated heterocycles. The lowest BCUT2D eigenvalue weighted by atomic mass is 10.1. The fourth-order valence-electron chi connectivity index (χ4n) is 2.13. The van der Waals surface area contributed by atoms with Crippen molar-refractivity contribution in [1.82, 2.24) is 10.2 Å². The highest BCUT2D eigenvalue weighted by molar-refractivity contribution is 9.10. The number of anilines is 2. The first-order valence-corrected chi connectivity index (χ1v) is 10.2. The minimum atomic E-state index is 0.0742. The highest BCUT2D eigenvalue weighted by Crippen LogP contribution is 2.29. The van der Waals surface area contributed by atoms with Crippen molar-refractivity contribution in [3.05, 3.63) is 63.6 Å². The van der Waals surface area contributed by atoms with Crippen LogP contribution in [0.5, 0.6) is 0 Å². The van der Waals surface area contributed by atoms with Gasteiger partial charge in [0.15, 0.2) is 10.1 Å². The number of carbonyl (C=O) groups is 1. The lowest BCUT2D eigenvalue weighted by Gasteiger charge is -2.05. The first-order chi connectivity index (χ1) is 12.0. The summed E-state index contributed by atoms with van der Waals surface area (Å²) < 4.78 is 1.67. The summed E-state index contributed by atoms with van der Waals surface area (Å²) in [6.45, 7) is 4.16. The lowest BCUT2D eigenvalue weighted by molar-refractivity contribution is 0.102. The summed E-state index contributed by atoms with van der Waals surface area (Å²) >= 11 is 6.24. The second kappa shape index (κ2) is 8.12. The summed E-state index contributed by atoms with van der Waals surface area (Å²) in [6, 6.07) is 13.6. The second-order valence-corrected chi connectivity index (χ2v) is 8.64. The number of rotatable bonds is 6. The molecule has 0 saturated carbocycles. The van der Waals surface area contributed by atoms with E-state index in [0.29, 0.717) is 11.3 Å². The van der Waals surface area contributed by atoms with E-state index in [-0.39, 0.29) is 5.78 Å². The highest BCUT2D eigenvalue weighted by atomic mass is 79.9. The van der Waals surface area contributed by atoms with Crippen LogP contribution in [0.4, 0.5) is 10.8 Å². The second-order valence-electron chi connectivity index (χ2n) is 5.52. The Morgan fingerprint density at radius 3 is 2.76 bits per heavy atom. The van der Waals surface area contributed by atoms with Gasteiger partial charge in [0.05, 0.1) is 5.75 Å². The van der Waals surface area contributed by atoms with Gasteiger partial charge in [-0.05, 0) is 49.2 Å². The van der Waals surface area contributed by atoms with Gasteiger partial charge < -0.3 is 5.32 Å². The molecule has 0 unspecified atom stereocenters. The maximum atomic E-state index is 12.2. The van der Waals surface area contributed by atoms with Crippen molar-refractivity contribution in [3.63, 3.8) is 0 Å². The third-order valence-corrected chi connectivity index (χ3v) is 6.10. The number of carbonyl (C=O) groups excluding carboxylic acids is 1. The van der Waals surface area contributed by atoms with E-state index in [0.717, 1.165) is 19.6 Å². The van der Waals surface area contributed by atoms with E-state index in [4.69, 9.17) is 0 Å². The van der Waals surface area contributed by atoms with Crippen molar-refractivity contribution < 1.29 is 4.79 Å². The summed E-state index contributed by atoms with van der Waals surface area (Å²) in [5.41, 5.74) is 4.16. The van der Waals surface area contributed by atoms with Gasteiger partial charge in [0, 0.05) is 15.7 Å². The molecule has 3 rings (SSSR count). The molecule has 0 aliphatic heterocycles. The molecule has 0 bridgehead atoms. The van der Waals surface area contributed by atoms with Crippen molar-refractivity contribution in [2.24, 2.45) is 0 Å². The quantitative estimate of drug-likeness (QED) is 0.402. The third-order valence-electron chi connectivity index (χ3n) is 3.64. The Bertz CT molecular complexity index is 911. The maximum Gasteiger partial charge on any atom is 0.210 e. The van der Waals surface area contributed by atoms with E-state index in [2.05, 4.69) is 57.4 Å². The number of Topliss-reactive ketones (excluding diaryl/α,β-unsaturated/α-hetero) is 1. The van der Waals surface area contributed by atoms with Crippen LogP contribution in [0.2, 0.25) is 0 Å². The number of aryl methyl sites for hydroxylation is 2. The van der Waals surface area contributed by atoms with E-state index in [1.54, 1.807) is 0 Å². The van der Waals surface area contributed by atoms with Crippen molar-refractivity contribution in [1.29, 1.82) is 0 Å². The molecule has 1 heterocycles. The molecule has 0 aliphatic carbocycles. The van der Waals surface area contributed by atoms with E-state index in [1.807, 2.05) is 30.3 Å². The Morgan fingerprint density at radius 1 is 1.16 bits per heavy atom. The molecular weight excluding hydrogens is 418 g/mol. The van der Waals surface area contributed by atoms with Crippen LogP contribution in [0.25, 0.3) is 0 Å². The van der Waals surface area contributed by atoms with Crippen LogP contribution < -0.4 is 5.32 Å². The predicted molar refractivity (Wildman–Crippen MR) is 108 cm³/mol. The summed E-state index contributed by atoms with van der Waals surface area (Å²) in [6.07, 6.45) is 0. The van der Waals surface area contributed by atoms with Crippen molar-refractivity contribution in [2.75, 3.05) is 11.1 Å². The molecule has 1 N–H and O–H groups in total. The minimum absolute atomic E-state index is 0.0742. The normalized spacial score (nSPS) is 10.7. The molecule has 3 aromatic rings. The van der Waals surface area contributed by atoms with Gasteiger partial charge in [-0.3, -0.25) is 4.79 Å². The van der Waals surface area contributed by atoms with E-state index < -0.39 is 0 Å². The number of nitrogens with zero attached hydrogens (tertiary/aromatic N) is 2. The summed E-state index contributed by atoms with van der Waals surface area (Å²) in [7, 11) is 0. The van der Waals surface area contributed by atoms with Crippen LogP contribution in [0.15, 0.2) is 51.3 Å². The minimum Gasteiger partial charge on any atom is -0.330 e. The van der Waals surface area contributed by atoms with Crippen LogP contribution in [-0.2, 0) is 0 Å². The molecule has 25 heavy (non-hydrogen) atoms. The van der Waals surface area contributed by atoms with Gasteiger partial charge in [-0.25, -0.2) is 0 Å². The zero-order valence-corrected chi connectivity index (χ0v) is 17.0. The summed E-state index contributed by atoms with van der Waals surface area (Å²) in [5, 5.41) is 12.3. The van der Waals surface area contributed by atoms with E-state index in [9.17, 15) is 4.79 Å². The van der Waals surface area contributed by atoms with Crippen LogP contribution in [-0.4, -0.2) is 21.7 Å². The van der Waals surface area contributed by atoms with Crippen molar-refractivity contribution >= 4 is 55.6 Å². The number of hydrogen-bond acceptors (Lipinski definition) is 6. The Balaban J connectivity index is 1.60. The van der Waals surface area contributed by atoms with Gasteiger partial charge in [-0.15, -0.1) is 10.2 Å². The zero-order chi connectivity index (χ0) is 17.8. The third kappa shape index (κ3) is 4.90. The van der Waals surface area contributed by atoms with Gasteiger partial charge in [0.1, 0.15) is 0 Å². The number of benzene rings is 2. The molecule has 2 aromatic carbocycles.